The lowest BCUT2D eigenvalue weighted by Gasteiger charge is -2.15. The normalized spacial score (nSPS) is 12.1. The van der Waals surface area contributed by atoms with E-state index in [4.69, 9.17) is 4.74 Å². The summed E-state index contributed by atoms with van der Waals surface area (Å²) < 4.78 is 5.12. The van der Waals surface area contributed by atoms with Gasteiger partial charge in [0.05, 0.1) is 5.56 Å². The van der Waals surface area contributed by atoms with E-state index in [0.717, 1.165) is 12.0 Å². The molecule has 0 aliphatic rings. The molecule has 0 aliphatic carbocycles. The molecule has 19 heavy (non-hydrogen) atoms. The van der Waals surface area contributed by atoms with Gasteiger partial charge in [0.25, 0.3) is 5.91 Å². The Morgan fingerprint density at radius 2 is 1.74 bits per heavy atom. The van der Waals surface area contributed by atoms with E-state index in [1.807, 2.05) is 32.9 Å². The first-order valence-corrected chi connectivity index (χ1v) is 6.54. The minimum Gasteiger partial charge on any atom is -0.449 e. The summed E-state index contributed by atoms with van der Waals surface area (Å²) in [4.78, 5) is 23.5. The topological polar surface area (TPSA) is 55.4 Å². The van der Waals surface area contributed by atoms with Crippen LogP contribution in [0.15, 0.2) is 24.3 Å². The zero-order valence-corrected chi connectivity index (χ0v) is 11.9. The molecular weight excluding hydrogens is 242 g/mol. The highest BCUT2D eigenvalue weighted by Crippen LogP contribution is 2.08. The van der Waals surface area contributed by atoms with Crippen LogP contribution in [-0.2, 0) is 16.0 Å². The van der Waals surface area contributed by atoms with Gasteiger partial charge in [-0.3, -0.25) is 4.79 Å². The van der Waals surface area contributed by atoms with E-state index in [-0.39, 0.29) is 11.9 Å². The monoisotopic (exact) mass is 263 g/mol. The Hall–Kier alpha value is -1.84. The molecule has 4 nitrogen and oxygen atoms in total. The number of benzene rings is 1. The summed E-state index contributed by atoms with van der Waals surface area (Å²) in [6.07, 6.45) is 0.128. The number of aryl methyl sites for hydroxylation is 1. The van der Waals surface area contributed by atoms with Crippen molar-refractivity contribution < 1.29 is 14.3 Å². The molecular formula is C15H21NO3. The molecule has 1 rings (SSSR count). The second kappa shape index (κ2) is 6.92. The minimum atomic E-state index is -0.791. The van der Waals surface area contributed by atoms with E-state index < -0.39 is 12.1 Å². The molecule has 0 bridgehead atoms. The quantitative estimate of drug-likeness (QED) is 0.829. The summed E-state index contributed by atoms with van der Waals surface area (Å²) in [5.74, 6) is -0.761. The highest BCUT2D eigenvalue weighted by atomic mass is 16.5. The number of nitrogens with one attached hydrogen (secondary N) is 1. The number of hydrogen-bond donors (Lipinski definition) is 1. The average Bonchev–Trinajstić information content (AvgIpc) is 2.37. The number of rotatable bonds is 5. The molecule has 104 valence electrons. The summed E-state index contributed by atoms with van der Waals surface area (Å²) >= 11 is 0. The van der Waals surface area contributed by atoms with Gasteiger partial charge in [0, 0.05) is 6.04 Å². The third-order valence-electron chi connectivity index (χ3n) is 2.68. The molecule has 1 amide bonds. The molecule has 1 atom stereocenters. The van der Waals surface area contributed by atoms with Crippen molar-refractivity contribution >= 4 is 11.9 Å². The van der Waals surface area contributed by atoms with Crippen molar-refractivity contribution in [2.45, 2.75) is 46.3 Å². The van der Waals surface area contributed by atoms with E-state index in [1.165, 1.54) is 0 Å². The first-order valence-electron chi connectivity index (χ1n) is 6.54. The number of hydrogen-bond acceptors (Lipinski definition) is 3. The molecule has 0 aromatic heterocycles. The van der Waals surface area contributed by atoms with Crippen molar-refractivity contribution in [1.29, 1.82) is 0 Å². The molecule has 0 saturated heterocycles. The van der Waals surface area contributed by atoms with E-state index in [2.05, 4.69) is 5.32 Å². The zero-order chi connectivity index (χ0) is 14.4. The Morgan fingerprint density at radius 3 is 2.21 bits per heavy atom. The molecule has 0 radical (unpaired) electrons. The summed E-state index contributed by atoms with van der Waals surface area (Å²) in [5, 5.41) is 2.70. The Morgan fingerprint density at radius 1 is 1.16 bits per heavy atom. The second-order valence-electron chi connectivity index (χ2n) is 4.76. The van der Waals surface area contributed by atoms with Crippen molar-refractivity contribution in [3.8, 4) is 0 Å². The van der Waals surface area contributed by atoms with Crippen molar-refractivity contribution in [3.63, 3.8) is 0 Å². The van der Waals surface area contributed by atoms with Gasteiger partial charge in [-0.25, -0.2) is 4.79 Å². The van der Waals surface area contributed by atoms with Gasteiger partial charge < -0.3 is 10.1 Å². The van der Waals surface area contributed by atoms with Gasteiger partial charge in [-0.1, -0.05) is 19.1 Å². The predicted octanol–water partition coefficient (Wildman–Crippen LogP) is 2.32. The van der Waals surface area contributed by atoms with E-state index in [1.54, 1.807) is 19.1 Å². The highest BCUT2D eigenvalue weighted by molar-refractivity contribution is 5.92. The third-order valence-corrected chi connectivity index (χ3v) is 2.68. The maximum atomic E-state index is 11.8. The smallest absolute Gasteiger partial charge is 0.338 e. The van der Waals surface area contributed by atoms with Gasteiger partial charge in [0.15, 0.2) is 6.10 Å². The van der Waals surface area contributed by atoms with Crippen molar-refractivity contribution in [2.24, 2.45) is 0 Å². The Bertz CT molecular complexity index is 437. The fraction of sp³-hybridized carbons (Fsp3) is 0.467. The molecule has 1 aromatic rings. The summed E-state index contributed by atoms with van der Waals surface area (Å²) in [6.45, 7) is 7.33. The second-order valence-corrected chi connectivity index (χ2v) is 4.76. The maximum absolute atomic E-state index is 11.8. The standard InChI is InChI=1S/C15H21NO3/c1-5-12-6-8-13(9-7-12)15(18)19-11(4)14(17)16-10(2)3/h6-11H,5H2,1-4H3,(H,16,17). The zero-order valence-electron chi connectivity index (χ0n) is 11.9. The van der Waals surface area contributed by atoms with Crippen LogP contribution in [0.5, 0.6) is 0 Å². The van der Waals surface area contributed by atoms with E-state index >= 15 is 0 Å². The van der Waals surface area contributed by atoms with Crippen LogP contribution in [0.25, 0.3) is 0 Å². The molecule has 1 aromatic carbocycles. The SMILES string of the molecule is CCc1ccc(C(=O)OC(C)C(=O)NC(C)C)cc1. The van der Waals surface area contributed by atoms with Crippen molar-refractivity contribution in [3.05, 3.63) is 35.4 Å². The van der Waals surface area contributed by atoms with Crippen LogP contribution in [0, 0.1) is 0 Å². The van der Waals surface area contributed by atoms with Gasteiger partial charge in [0.1, 0.15) is 0 Å². The largest absolute Gasteiger partial charge is 0.449 e. The lowest BCUT2D eigenvalue weighted by molar-refractivity contribution is -0.129. The van der Waals surface area contributed by atoms with Gasteiger partial charge >= 0.3 is 5.97 Å². The number of carbonyl (C=O) groups excluding carboxylic acids is 2. The summed E-state index contributed by atoms with van der Waals surface area (Å²) in [6, 6.07) is 7.23. The van der Waals surface area contributed by atoms with Crippen LogP contribution in [0.3, 0.4) is 0 Å². The molecule has 0 heterocycles. The Labute approximate surface area is 114 Å². The van der Waals surface area contributed by atoms with Gasteiger partial charge in [0.2, 0.25) is 0 Å². The molecule has 1 unspecified atom stereocenters. The molecule has 0 saturated carbocycles. The number of esters is 1. The number of ether oxygens (including phenoxy) is 1. The molecule has 0 fully saturated rings. The molecule has 1 N–H and O–H groups in total. The van der Waals surface area contributed by atoms with E-state index in [9.17, 15) is 9.59 Å². The molecule has 4 heteroatoms. The first kappa shape index (κ1) is 15.2. The Kier molecular flexibility index (Phi) is 5.55. The number of amides is 1. The van der Waals surface area contributed by atoms with Gasteiger partial charge in [-0.15, -0.1) is 0 Å². The third kappa shape index (κ3) is 4.73. The van der Waals surface area contributed by atoms with Crippen LogP contribution in [0.4, 0.5) is 0 Å². The average molecular weight is 263 g/mol. The lowest BCUT2D eigenvalue weighted by atomic mass is 10.1. The maximum Gasteiger partial charge on any atom is 0.338 e. The molecule has 0 aliphatic heterocycles. The summed E-state index contributed by atoms with van der Waals surface area (Å²) in [5.41, 5.74) is 1.61. The van der Waals surface area contributed by atoms with E-state index in [0.29, 0.717) is 5.56 Å². The van der Waals surface area contributed by atoms with Gasteiger partial charge in [-0.05, 0) is 44.9 Å². The molecule has 0 spiro atoms. The van der Waals surface area contributed by atoms with Gasteiger partial charge in [-0.2, -0.15) is 0 Å². The fourth-order valence-electron chi connectivity index (χ4n) is 1.56. The van der Waals surface area contributed by atoms with Crippen LogP contribution in [-0.4, -0.2) is 24.0 Å². The highest BCUT2D eigenvalue weighted by Gasteiger charge is 2.19. The van der Waals surface area contributed by atoms with Crippen LogP contribution in [0.1, 0.15) is 43.6 Å². The summed E-state index contributed by atoms with van der Waals surface area (Å²) in [7, 11) is 0. The van der Waals surface area contributed by atoms with Crippen LogP contribution >= 0.6 is 0 Å². The van der Waals surface area contributed by atoms with Crippen molar-refractivity contribution in [2.75, 3.05) is 0 Å². The lowest BCUT2D eigenvalue weighted by Crippen LogP contribution is -2.39. The minimum absolute atomic E-state index is 0.0255. The fourth-order valence-corrected chi connectivity index (χ4v) is 1.56. The number of carbonyl (C=O) groups is 2. The predicted molar refractivity (Wildman–Crippen MR) is 74.0 cm³/mol. The Balaban J connectivity index is 2.60. The first-order chi connectivity index (χ1) is 8.93. The van der Waals surface area contributed by atoms with Crippen molar-refractivity contribution in [1.82, 2.24) is 5.32 Å². The van der Waals surface area contributed by atoms with Crippen LogP contribution in [0.2, 0.25) is 0 Å². The van der Waals surface area contributed by atoms with Crippen LogP contribution < -0.4 is 5.32 Å².